The van der Waals surface area contributed by atoms with Crippen LogP contribution in [0.25, 0.3) is 5.69 Å². The van der Waals surface area contributed by atoms with Crippen molar-refractivity contribution in [3.8, 4) is 5.69 Å². The number of benzene rings is 1. The number of hydrogen-bond acceptors (Lipinski definition) is 3. The van der Waals surface area contributed by atoms with E-state index in [4.69, 9.17) is 0 Å². The van der Waals surface area contributed by atoms with Crippen molar-refractivity contribution in [2.45, 2.75) is 20.3 Å². The van der Waals surface area contributed by atoms with Gasteiger partial charge in [-0.3, -0.25) is 4.79 Å². The molecule has 0 radical (unpaired) electrons. The highest BCUT2D eigenvalue weighted by molar-refractivity contribution is 5.95. The van der Waals surface area contributed by atoms with Crippen LogP contribution in [-0.2, 0) is 0 Å². The monoisotopic (exact) mass is 304 g/mol. The second kappa shape index (κ2) is 7.70. The summed E-state index contributed by atoms with van der Waals surface area (Å²) in [5, 5.41) is 10.3. The Morgan fingerprint density at radius 3 is 2.64 bits per heavy atom. The van der Waals surface area contributed by atoms with E-state index in [1.807, 2.05) is 6.92 Å². The van der Waals surface area contributed by atoms with Gasteiger partial charge in [-0.15, -0.1) is 0 Å². The number of aromatic nitrogens is 2. The van der Waals surface area contributed by atoms with Crippen LogP contribution in [0.15, 0.2) is 30.5 Å². The fraction of sp³-hybridized carbons (Fsp3) is 0.375. The normalized spacial score (nSPS) is 10.7. The predicted molar refractivity (Wildman–Crippen MR) is 83.8 cm³/mol. The first-order valence-corrected chi connectivity index (χ1v) is 7.43. The zero-order chi connectivity index (χ0) is 15.9. The third kappa shape index (κ3) is 3.92. The lowest BCUT2D eigenvalue weighted by Crippen LogP contribution is -2.32. The fourth-order valence-corrected chi connectivity index (χ4v) is 2.14. The minimum Gasteiger partial charge on any atom is -0.351 e. The highest BCUT2D eigenvalue weighted by Gasteiger charge is 2.14. The Bertz CT molecular complexity index is 622. The van der Waals surface area contributed by atoms with E-state index < -0.39 is 0 Å². The zero-order valence-electron chi connectivity index (χ0n) is 12.9. The van der Waals surface area contributed by atoms with Gasteiger partial charge < -0.3 is 10.6 Å². The van der Waals surface area contributed by atoms with Crippen molar-refractivity contribution in [2.24, 2.45) is 0 Å². The molecule has 1 aromatic carbocycles. The molecule has 0 unspecified atom stereocenters. The molecule has 1 heterocycles. The van der Waals surface area contributed by atoms with Gasteiger partial charge in [-0.05, 0) is 44.2 Å². The molecule has 2 N–H and O–H groups in total. The van der Waals surface area contributed by atoms with Crippen LogP contribution in [0.5, 0.6) is 0 Å². The van der Waals surface area contributed by atoms with Crippen molar-refractivity contribution < 1.29 is 9.18 Å². The number of carbonyl (C=O) groups excluding carboxylic acids is 1. The van der Waals surface area contributed by atoms with Crippen molar-refractivity contribution in [3.05, 3.63) is 47.5 Å². The third-order valence-electron chi connectivity index (χ3n) is 3.34. The second-order valence-corrected chi connectivity index (χ2v) is 5.04. The molecule has 118 valence electrons. The third-order valence-corrected chi connectivity index (χ3v) is 3.34. The summed E-state index contributed by atoms with van der Waals surface area (Å²) in [6.07, 6.45) is 2.60. The lowest BCUT2D eigenvalue weighted by molar-refractivity contribution is 0.0953. The first-order chi connectivity index (χ1) is 10.6. The highest BCUT2D eigenvalue weighted by Crippen LogP contribution is 2.14. The summed E-state index contributed by atoms with van der Waals surface area (Å²) < 4.78 is 14.6. The maximum atomic E-state index is 13.0. The molecule has 0 aliphatic rings. The van der Waals surface area contributed by atoms with Crippen LogP contribution in [-0.4, -0.2) is 35.3 Å². The molecule has 0 saturated heterocycles. The van der Waals surface area contributed by atoms with Crippen molar-refractivity contribution in [1.82, 2.24) is 20.4 Å². The van der Waals surface area contributed by atoms with Gasteiger partial charge in [-0.1, -0.05) is 6.92 Å². The van der Waals surface area contributed by atoms with E-state index in [0.717, 1.165) is 30.9 Å². The van der Waals surface area contributed by atoms with Crippen molar-refractivity contribution in [1.29, 1.82) is 0 Å². The molecule has 0 bridgehead atoms. The molecule has 0 aliphatic heterocycles. The summed E-state index contributed by atoms with van der Waals surface area (Å²) >= 11 is 0. The Morgan fingerprint density at radius 2 is 1.95 bits per heavy atom. The van der Waals surface area contributed by atoms with E-state index >= 15 is 0 Å². The van der Waals surface area contributed by atoms with E-state index in [-0.39, 0.29) is 11.7 Å². The Kier molecular flexibility index (Phi) is 5.66. The molecule has 1 amide bonds. The first-order valence-electron chi connectivity index (χ1n) is 7.43. The summed E-state index contributed by atoms with van der Waals surface area (Å²) in [5.41, 5.74) is 1.98. The molecule has 0 atom stereocenters. The first kappa shape index (κ1) is 16.2. The van der Waals surface area contributed by atoms with Gasteiger partial charge in [0.1, 0.15) is 5.82 Å². The predicted octanol–water partition coefficient (Wildman–Crippen LogP) is 2.05. The van der Waals surface area contributed by atoms with Crippen LogP contribution in [0.2, 0.25) is 0 Å². The molecule has 0 fully saturated rings. The molecule has 0 aliphatic carbocycles. The Hall–Kier alpha value is -2.21. The summed E-state index contributed by atoms with van der Waals surface area (Å²) in [4.78, 5) is 12.1. The minimum absolute atomic E-state index is 0.149. The maximum absolute atomic E-state index is 13.0. The van der Waals surface area contributed by atoms with Gasteiger partial charge in [0, 0.05) is 13.1 Å². The van der Waals surface area contributed by atoms with Gasteiger partial charge in [0.2, 0.25) is 0 Å². The van der Waals surface area contributed by atoms with Gasteiger partial charge in [0.25, 0.3) is 5.91 Å². The molecular formula is C16H21FN4O. The number of carbonyl (C=O) groups is 1. The molecule has 5 nitrogen and oxygen atoms in total. The molecule has 2 aromatic rings. The van der Waals surface area contributed by atoms with Gasteiger partial charge in [-0.2, -0.15) is 5.10 Å². The molecule has 1 aromatic heterocycles. The average molecular weight is 304 g/mol. The van der Waals surface area contributed by atoms with E-state index in [2.05, 4.69) is 22.7 Å². The fourth-order valence-electron chi connectivity index (χ4n) is 2.14. The van der Waals surface area contributed by atoms with Crippen molar-refractivity contribution in [2.75, 3.05) is 19.6 Å². The number of nitrogens with one attached hydrogen (secondary N) is 2. The molecule has 0 saturated carbocycles. The lowest BCUT2D eigenvalue weighted by atomic mass is 10.2. The van der Waals surface area contributed by atoms with Crippen LogP contribution in [0.3, 0.4) is 0 Å². The summed E-state index contributed by atoms with van der Waals surface area (Å²) in [6.45, 7) is 6.17. The van der Waals surface area contributed by atoms with Crippen LogP contribution in [0.4, 0.5) is 4.39 Å². The Balaban J connectivity index is 2.01. The number of hydrogen-bond donors (Lipinski definition) is 2. The van der Waals surface area contributed by atoms with Crippen LogP contribution >= 0.6 is 0 Å². The molecule has 6 heteroatoms. The van der Waals surface area contributed by atoms with E-state index in [1.54, 1.807) is 16.8 Å². The van der Waals surface area contributed by atoms with Gasteiger partial charge in [0.05, 0.1) is 23.1 Å². The minimum atomic E-state index is -0.300. The Morgan fingerprint density at radius 1 is 1.23 bits per heavy atom. The maximum Gasteiger partial charge on any atom is 0.254 e. The largest absolute Gasteiger partial charge is 0.351 e. The quantitative estimate of drug-likeness (QED) is 0.770. The van der Waals surface area contributed by atoms with Gasteiger partial charge in [0.15, 0.2) is 0 Å². The topological polar surface area (TPSA) is 58.9 Å². The van der Waals surface area contributed by atoms with Crippen LogP contribution < -0.4 is 10.6 Å². The SMILES string of the molecule is CCCNCCNC(=O)c1cnn(-c2ccc(F)cc2)c1C. The van der Waals surface area contributed by atoms with Gasteiger partial charge in [-0.25, -0.2) is 9.07 Å². The van der Waals surface area contributed by atoms with E-state index in [1.165, 1.54) is 18.3 Å². The standard InChI is InChI=1S/C16H21FN4O/c1-3-8-18-9-10-19-16(22)15-11-20-21(12(15)2)14-6-4-13(17)5-7-14/h4-7,11,18H,3,8-10H2,1-2H3,(H,19,22). The second-order valence-electron chi connectivity index (χ2n) is 5.04. The van der Waals surface area contributed by atoms with Crippen molar-refractivity contribution >= 4 is 5.91 Å². The smallest absolute Gasteiger partial charge is 0.254 e. The summed E-state index contributed by atoms with van der Waals surface area (Å²) in [5.74, 6) is -0.449. The van der Waals surface area contributed by atoms with E-state index in [0.29, 0.717) is 12.1 Å². The van der Waals surface area contributed by atoms with Gasteiger partial charge >= 0.3 is 0 Å². The van der Waals surface area contributed by atoms with Crippen molar-refractivity contribution in [3.63, 3.8) is 0 Å². The van der Waals surface area contributed by atoms with Crippen LogP contribution in [0.1, 0.15) is 29.4 Å². The summed E-state index contributed by atoms with van der Waals surface area (Å²) in [7, 11) is 0. The zero-order valence-corrected chi connectivity index (χ0v) is 12.9. The molecule has 2 rings (SSSR count). The lowest BCUT2D eigenvalue weighted by Gasteiger charge is -2.07. The molecule has 22 heavy (non-hydrogen) atoms. The van der Waals surface area contributed by atoms with Crippen LogP contribution in [0, 0.1) is 12.7 Å². The van der Waals surface area contributed by atoms with E-state index in [9.17, 15) is 9.18 Å². The average Bonchev–Trinajstić information content (AvgIpc) is 2.89. The number of nitrogens with zero attached hydrogens (tertiary/aromatic N) is 2. The molecule has 0 spiro atoms. The number of halogens is 1. The Labute approximate surface area is 129 Å². The number of amides is 1. The summed E-state index contributed by atoms with van der Waals surface area (Å²) in [6, 6.07) is 6.00. The highest BCUT2D eigenvalue weighted by atomic mass is 19.1. The molecular weight excluding hydrogens is 283 g/mol. The number of rotatable bonds is 7.